The first-order valence-electron chi connectivity index (χ1n) is 14.5. The average molecular weight is 736 g/mol. The summed E-state index contributed by atoms with van der Waals surface area (Å²) in [6.45, 7) is 8.71. The van der Waals surface area contributed by atoms with Crippen LogP contribution in [0.15, 0.2) is 109 Å². The van der Waals surface area contributed by atoms with Crippen molar-refractivity contribution in [2.24, 2.45) is 5.92 Å². The van der Waals surface area contributed by atoms with Crippen LogP contribution >= 0.6 is 0 Å². The first-order valence-corrected chi connectivity index (χ1v) is 14.5. The van der Waals surface area contributed by atoms with E-state index in [9.17, 15) is 0 Å². The van der Waals surface area contributed by atoms with Crippen molar-refractivity contribution in [3.8, 4) is 22.6 Å². The van der Waals surface area contributed by atoms with E-state index in [0.717, 1.165) is 45.2 Å². The van der Waals surface area contributed by atoms with E-state index in [-0.39, 0.29) is 20.1 Å². The van der Waals surface area contributed by atoms with Crippen LogP contribution < -0.4 is 0 Å². The number of pyridine rings is 1. The summed E-state index contributed by atoms with van der Waals surface area (Å²) in [6.07, 6.45) is 2.99. The molecule has 1 radical (unpaired) electrons. The third-order valence-corrected chi connectivity index (χ3v) is 7.31. The second kappa shape index (κ2) is 13.4. The second-order valence-corrected chi connectivity index (χ2v) is 11.2. The number of fused-ring (bicyclic) bond motifs is 4. The number of benzene rings is 5. The third kappa shape index (κ3) is 6.88. The molecule has 2 heterocycles. The van der Waals surface area contributed by atoms with Crippen molar-refractivity contribution >= 4 is 32.6 Å². The van der Waals surface area contributed by atoms with Gasteiger partial charge in [-0.2, -0.15) is 0 Å². The Bertz CT molecular complexity index is 2000. The zero-order valence-corrected chi connectivity index (χ0v) is 27.2. The monoisotopic (exact) mass is 736 g/mol. The number of aromatic nitrogens is 3. The Balaban J connectivity index is 0.000000168. The van der Waals surface area contributed by atoms with Crippen LogP contribution in [0.3, 0.4) is 0 Å². The molecule has 0 aliphatic heterocycles. The van der Waals surface area contributed by atoms with Crippen LogP contribution in [0, 0.1) is 31.9 Å². The molecule has 0 aliphatic carbocycles. The van der Waals surface area contributed by atoms with Gasteiger partial charge in [0.25, 0.3) is 0 Å². The van der Waals surface area contributed by atoms with E-state index in [1.807, 2.05) is 48.7 Å². The van der Waals surface area contributed by atoms with Crippen molar-refractivity contribution < 1.29 is 20.1 Å². The molecule has 0 saturated carbocycles. The fourth-order valence-electron chi connectivity index (χ4n) is 5.47. The van der Waals surface area contributed by atoms with Crippen molar-refractivity contribution in [2.45, 2.75) is 34.1 Å². The SMILES string of the molecule is Cc1[c-]c(-c2ccc3c(CC(C)C)cccc3n2)cc(C)c1.[Ir].[c-]1ccccc1-c1ncc2c(ccc3ccccc32)n1. The van der Waals surface area contributed by atoms with E-state index in [1.165, 1.54) is 27.3 Å². The second-order valence-electron chi connectivity index (χ2n) is 11.2. The van der Waals surface area contributed by atoms with E-state index in [0.29, 0.717) is 11.7 Å². The molecule has 7 aromatic rings. The fourth-order valence-corrected chi connectivity index (χ4v) is 5.47. The minimum absolute atomic E-state index is 0. The molecule has 215 valence electrons. The number of aryl methyl sites for hydroxylation is 2. The van der Waals surface area contributed by atoms with Crippen LogP contribution in [0.5, 0.6) is 0 Å². The van der Waals surface area contributed by atoms with Gasteiger partial charge < -0.3 is 0 Å². The van der Waals surface area contributed by atoms with Gasteiger partial charge in [-0.3, -0.25) is 15.0 Å². The first-order chi connectivity index (χ1) is 20.4. The summed E-state index contributed by atoms with van der Waals surface area (Å²) >= 11 is 0. The number of nitrogens with zero attached hydrogens (tertiary/aromatic N) is 3. The molecule has 7 rings (SSSR count). The van der Waals surface area contributed by atoms with Crippen LogP contribution in [-0.2, 0) is 26.5 Å². The van der Waals surface area contributed by atoms with E-state index in [2.05, 4.69) is 110 Å². The molecule has 0 bridgehead atoms. The van der Waals surface area contributed by atoms with Crippen molar-refractivity contribution in [3.05, 3.63) is 138 Å². The Morgan fingerprint density at radius 2 is 1.51 bits per heavy atom. The summed E-state index contributed by atoms with van der Waals surface area (Å²) in [4.78, 5) is 14.0. The predicted molar refractivity (Wildman–Crippen MR) is 175 cm³/mol. The fraction of sp³-hybridized carbons (Fsp3) is 0.154. The maximum absolute atomic E-state index is 4.86. The molecular weight excluding hydrogens is 703 g/mol. The molecule has 2 aromatic heterocycles. The Labute approximate surface area is 267 Å². The van der Waals surface area contributed by atoms with Gasteiger partial charge in [-0.15, -0.1) is 70.8 Å². The van der Waals surface area contributed by atoms with Crippen LogP contribution in [0.1, 0.15) is 30.5 Å². The molecule has 0 atom stereocenters. The van der Waals surface area contributed by atoms with Crippen molar-refractivity contribution in [1.82, 2.24) is 15.0 Å². The van der Waals surface area contributed by atoms with Gasteiger partial charge in [-0.25, -0.2) is 0 Å². The van der Waals surface area contributed by atoms with Gasteiger partial charge >= 0.3 is 0 Å². The predicted octanol–water partition coefficient (Wildman–Crippen LogP) is 9.77. The van der Waals surface area contributed by atoms with Gasteiger partial charge in [0.05, 0.1) is 16.9 Å². The summed E-state index contributed by atoms with van der Waals surface area (Å²) in [6, 6.07) is 41.8. The standard InChI is InChI=1S/C21H22N.C18H11N2.Ir/c1-14(2)10-17-6-5-7-21-19(17)8-9-20(22-21)18-12-15(3)11-16(4)13-18;1-2-7-14(8-3-1)18-19-12-16-15-9-5-4-6-13(15)10-11-17(16)20-18;/h5-9,11-12,14H,10H2,1-4H3;1-7,9-12H;/q2*-1;. The molecule has 0 fully saturated rings. The quantitative estimate of drug-likeness (QED) is 0.134. The molecular formula is C39H33IrN3-2. The maximum atomic E-state index is 4.86. The van der Waals surface area contributed by atoms with E-state index in [1.54, 1.807) is 0 Å². The number of rotatable bonds is 4. The summed E-state index contributed by atoms with van der Waals surface area (Å²) in [7, 11) is 0. The summed E-state index contributed by atoms with van der Waals surface area (Å²) in [5, 5.41) is 4.75. The minimum atomic E-state index is 0. The average Bonchev–Trinajstić information content (AvgIpc) is 3.00. The molecule has 0 unspecified atom stereocenters. The Morgan fingerprint density at radius 1 is 0.698 bits per heavy atom. The topological polar surface area (TPSA) is 38.7 Å². The molecule has 0 aliphatic rings. The molecule has 0 spiro atoms. The zero-order valence-electron chi connectivity index (χ0n) is 24.9. The first kappa shape index (κ1) is 30.2. The van der Waals surface area contributed by atoms with Crippen LogP contribution in [0.4, 0.5) is 0 Å². The maximum Gasteiger partial charge on any atom is 0.0755 e. The molecule has 0 amide bonds. The van der Waals surface area contributed by atoms with Gasteiger partial charge in [0.2, 0.25) is 0 Å². The van der Waals surface area contributed by atoms with Gasteiger partial charge in [-0.05, 0) is 46.5 Å². The molecule has 3 nitrogen and oxygen atoms in total. The minimum Gasteiger partial charge on any atom is -0.296 e. The zero-order chi connectivity index (χ0) is 29.1. The van der Waals surface area contributed by atoms with Gasteiger partial charge in [-0.1, -0.05) is 82.3 Å². The Hall–Kier alpha value is -4.24. The summed E-state index contributed by atoms with van der Waals surface area (Å²) in [5.41, 5.74) is 8.83. The van der Waals surface area contributed by atoms with Crippen LogP contribution in [0.2, 0.25) is 0 Å². The summed E-state index contributed by atoms with van der Waals surface area (Å²) < 4.78 is 0. The van der Waals surface area contributed by atoms with E-state index < -0.39 is 0 Å². The smallest absolute Gasteiger partial charge is 0.0755 e. The summed E-state index contributed by atoms with van der Waals surface area (Å²) in [5.74, 6) is 1.37. The normalized spacial score (nSPS) is 10.9. The van der Waals surface area contributed by atoms with E-state index in [4.69, 9.17) is 4.98 Å². The third-order valence-electron chi connectivity index (χ3n) is 7.31. The van der Waals surface area contributed by atoms with Crippen molar-refractivity contribution in [3.63, 3.8) is 0 Å². The molecule has 5 aromatic carbocycles. The molecule has 4 heteroatoms. The van der Waals surface area contributed by atoms with Gasteiger partial charge in [0, 0.05) is 37.1 Å². The van der Waals surface area contributed by atoms with Gasteiger partial charge in [0.15, 0.2) is 0 Å². The Morgan fingerprint density at radius 3 is 2.30 bits per heavy atom. The van der Waals surface area contributed by atoms with E-state index >= 15 is 0 Å². The van der Waals surface area contributed by atoms with Crippen LogP contribution in [-0.4, -0.2) is 15.0 Å². The molecule has 0 N–H and O–H groups in total. The van der Waals surface area contributed by atoms with Crippen molar-refractivity contribution in [1.29, 1.82) is 0 Å². The molecule has 43 heavy (non-hydrogen) atoms. The van der Waals surface area contributed by atoms with Crippen molar-refractivity contribution in [2.75, 3.05) is 0 Å². The number of hydrogen-bond acceptors (Lipinski definition) is 3. The van der Waals surface area contributed by atoms with Crippen LogP contribution in [0.25, 0.3) is 55.2 Å². The van der Waals surface area contributed by atoms with Gasteiger partial charge in [0.1, 0.15) is 0 Å². The molecule has 0 saturated heterocycles. The number of hydrogen-bond donors (Lipinski definition) is 0. The Kier molecular flexibility index (Phi) is 9.40. The largest absolute Gasteiger partial charge is 0.296 e.